The molecular weight excluding hydrogens is 228 g/mol. The number of hydrogen-bond acceptors (Lipinski definition) is 3. The fraction of sp³-hybridized carbons (Fsp3) is 0.500. The Bertz CT molecular complexity index is 416. The van der Waals surface area contributed by atoms with Gasteiger partial charge in [-0.3, -0.25) is 4.79 Å². The standard InChI is InChI=1S/C14H20N2O2/c1-16(10-12-4-2-3-5-13(12)17)14(18)9-15-8-11-6-7-11/h2-5,11,15,17H,6-10H2,1H3. The molecule has 1 aromatic rings. The second-order valence-corrected chi connectivity index (χ2v) is 4.95. The molecule has 1 amide bonds. The van der Waals surface area contributed by atoms with Gasteiger partial charge in [0.25, 0.3) is 0 Å². The van der Waals surface area contributed by atoms with Crippen LogP contribution in [0.25, 0.3) is 0 Å². The predicted octanol–water partition coefficient (Wildman–Crippen LogP) is 1.35. The van der Waals surface area contributed by atoms with E-state index in [0.717, 1.165) is 18.0 Å². The third-order valence-corrected chi connectivity index (χ3v) is 3.23. The number of carbonyl (C=O) groups excluding carboxylic acids is 1. The number of phenols is 1. The summed E-state index contributed by atoms with van der Waals surface area (Å²) in [5, 5.41) is 12.8. The minimum absolute atomic E-state index is 0.0545. The van der Waals surface area contributed by atoms with Crippen LogP contribution in [0.1, 0.15) is 18.4 Å². The van der Waals surface area contributed by atoms with Crippen molar-refractivity contribution in [2.75, 3.05) is 20.1 Å². The Kier molecular flexibility index (Phi) is 4.20. The largest absolute Gasteiger partial charge is 0.508 e. The number of nitrogens with zero attached hydrogens (tertiary/aromatic N) is 1. The molecule has 0 unspecified atom stereocenters. The van der Waals surface area contributed by atoms with Crippen LogP contribution in [0.15, 0.2) is 24.3 Å². The van der Waals surface area contributed by atoms with Crippen molar-refractivity contribution in [3.8, 4) is 5.75 Å². The van der Waals surface area contributed by atoms with Crippen molar-refractivity contribution in [1.82, 2.24) is 10.2 Å². The molecule has 98 valence electrons. The second-order valence-electron chi connectivity index (χ2n) is 4.95. The lowest BCUT2D eigenvalue weighted by molar-refractivity contribution is -0.129. The van der Waals surface area contributed by atoms with Crippen molar-refractivity contribution < 1.29 is 9.90 Å². The fourth-order valence-electron chi connectivity index (χ4n) is 1.83. The van der Waals surface area contributed by atoms with Crippen LogP contribution in [0.2, 0.25) is 0 Å². The van der Waals surface area contributed by atoms with Gasteiger partial charge in [0.2, 0.25) is 5.91 Å². The molecular formula is C14H20N2O2. The van der Waals surface area contributed by atoms with Gasteiger partial charge in [-0.1, -0.05) is 18.2 Å². The van der Waals surface area contributed by atoms with Crippen LogP contribution < -0.4 is 5.32 Å². The molecule has 0 aliphatic heterocycles. The van der Waals surface area contributed by atoms with Crippen LogP contribution in [0.4, 0.5) is 0 Å². The van der Waals surface area contributed by atoms with E-state index in [1.807, 2.05) is 12.1 Å². The van der Waals surface area contributed by atoms with Crippen LogP contribution in [-0.4, -0.2) is 36.1 Å². The Morgan fingerprint density at radius 1 is 1.44 bits per heavy atom. The third-order valence-electron chi connectivity index (χ3n) is 3.23. The molecule has 1 aromatic carbocycles. The normalized spacial score (nSPS) is 14.5. The van der Waals surface area contributed by atoms with E-state index in [1.165, 1.54) is 12.8 Å². The molecule has 1 aliphatic carbocycles. The van der Waals surface area contributed by atoms with Gasteiger partial charge in [-0.2, -0.15) is 0 Å². The van der Waals surface area contributed by atoms with E-state index in [-0.39, 0.29) is 11.7 Å². The van der Waals surface area contributed by atoms with Crippen molar-refractivity contribution >= 4 is 5.91 Å². The van der Waals surface area contributed by atoms with E-state index in [0.29, 0.717) is 13.1 Å². The van der Waals surface area contributed by atoms with Gasteiger partial charge >= 0.3 is 0 Å². The van der Waals surface area contributed by atoms with Gasteiger partial charge in [-0.15, -0.1) is 0 Å². The van der Waals surface area contributed by atoms with Crippen LogP contribution in [0, 0.1) is 5.92 Å². The number of hydrogen-bond donors (Lipinski definition) is 2. The molecule has 18 heavy (non-hydrogen) atoms. The average molecular weight is 248 g/mol. The molecule has 1 saturated carbocycles. The Morgan fingerprint density at radius 2 is 2.17 bits per heavy atom. The predicted molar refractivity (Wildman–Crippen MR) is 70.2 cm³/mol. The molecule has 4 nitrogen and oxygen atoms in total. The highest BCUT2D eigenvalue weighted by molar-refractivity contribution is 5.78. The molecule has 1 aliphatic rings. The lowest BCUT2D eigenvalue weighted by Crippen LogP contribution is -2.35. The fourth-order valence-corrected chi connectivity index (χ4v) is 1.83. The van der Waals surface area contributed by atoms with Gasteiger partial charge in [0.1, 0.15) is 5.75 Å². The maximum atomic E-state index is 11.8. The Morgan fingerprint density at radius 3 is 2.83 bits per heavy atom. The first kappa shape index (κ1) is 12.9. The molecule has 0 saturated heterocycles. The zero-order chi connectivity index (χ0) is 13.0. The number of para-hydroxylation sites is 1. The van der Waals surface area contributed by atoms with E-state index >= 15 is 0 Å². The minimum Gasteiger partial charge on any atom is -0.508 e. The summed E-state index contributed by atoms with van der Waals surface area (Å²) in [7, 11) is 1.76. The van der Waals surface area contributed by atoms with Gasteiger partial charge in [-0.05, 0) is 31.4 Å². The second kappa shape index (κ2) is 5.87. The van der Waals surface area contributed by atoms with Crippen molar-refractivity contribution in [3.05, 3.63) is 29.8 Å². The highest BCUT2D eigenvalue weighted by Crippen LogP contribution is 2.27. The average Bonchev–Trinajstić information content (AvgIpc) is 3.16. The minimum atomic E-state index is 0.0545. The molecule has 0 atom stereocenters. The molecule has 2 rings (SSSR count). The smallest absolute Gasteiger partial charge is 0.236 e. The molecule has 0 heterocycles. The van der Waals surface area contributed by atoms with Gasteiger partial charge in [0.05, 0.1) is 6.54 Å². The zero-order valence-electron chi connectivity index (χ0n) is 10.7. The van der Waals surface area contributed by atoms with Crippen LogP contribution in [0.5, 0.6) is 5.75 Å². The topological polar surface area (TPSA) is 52.6 Å². The molecule has 1 fully saturated rings. The summed E-state index contributed by atoms with van der Waals surface area (Å²) < 4.78 is 0. The number of amides is 1. The van der Waals surface area contributed by atoms with Crippen LogP contribution in [0.3, 0.4) is 0 Å². The number of nitrogens with one attached hydrogen (secondary N) is 1. The molecule has 0 spiro atoms. The SMILES string of the molecule is CN(Cc1ccccc1O)C(=O)CNCC1CC1. The first-order valence-corrected chi connectivity index (χ1v) is 6.38. The van der Waals surface area contributed by atoms with E-state index in [4.69, 9.17) is 0 Å². The van der Waals surface area contributed by atoms with Gasteiger partial charge in [0, 0.05) is 19.2 Å². The Labute approximate surface area is 108 Å². The third kappa shape index (κ3) is 3.74. The summed E-state index contributed by atoms with van der Waals surface area (Å²) in [6.07, 6.45) is 2.57. The van der Waals surface area contributed by atoms with Crippen molar-refractivity contribution in [3.63, 3.8) is 0 Å². The highest BCUT2D eigenvalue weighted by Gasteiger charge is 2.21. The van der Waals surface area contributed by atoms with Crippen molar-refractivity contribution in [2.24, 2.45) is 5.92 Å². The summed E-state index contributed by atoms with van der Waals surface area (Å²) >= 11 is 0. The van der Waals surface area contributed by atoms with Crippen LogP contribution in [-0.2, 0) is 11.3 Å². The number of carbonyl (C=O) groups is 1. The molecule has 0 bridgehead atoms. The molecule has 0 radical (unpaired) electrons. The first-order valence-electron chi connectivity index (χ1n) is 6.38. The van der Waals surface area contributed by atoms with Gasteiger partial charge in [0.15, 0.2) is 0 Å². The molecule has 0 aromatic heterocycles. The monoisotopic (exact) mass is 248 g/mol. The number of rotatable bonds is 6. The van der Waals surface area contributed by atoms with Crippen molar-refractivity contribution in [2.45, 2.75) is 19.4 Å². The summed E-state index contributed by atoms with van der Waals surface area (Å²) in [6.45, 7) is 1.76. The lowest BCUT2D eigenvalue weighted by Gasteiger charge is -2.18. The van der Waals surface area contributed by atoms with E-state index in [1.54, 1.807) is 24.1 Å². The summed E-state index contributed by atoms with van der Waals surface area (Å²) in [4.78, 5) is 13.5. The lowest BCUT2D eigenvalue weighted by atomic mass is 10.2. The van der Waals surface area contributed by atoms with Gasteiger partial charge in [-0.25, -0.2) is 0 Å². The van der Waals surface area contributed by atoms with E-state index < -0.39 is 0 Å². The van der Waals surface area contributed by atoms with Crippen molar-refractivity contribution in [1.29, 1.82) is 0 Å². The molecule has 4 heteroatoms. The first-order chi connectivity index (χ1) is 8.66. The zero-order valence-corrected chi connectivity index (χ0v) is 10.7. The number of aromatic hydroxyl groups is 1. The maximum Gasteiger partial charge on any atom is 0.236 e. The quantitative estimate of drug-likeness (QED) is 0.799. The van der Waals surface area contributed by atoms with E-state index in [9.17, 15) is 9.90 Å². The Balaban J connectivity index is 1.77. The number of phenolic OH excluding ortho intramolecular Hbond substituents is 1. The maximum absolute atomic E-state index is 11.8. The number of benzene rings is 1. The number of likely N-dealkylation sites (N-methyl/N-ethyl adjacent to an activating group) is 1. The summed E-state index contributed by atoms with van der Waals surface area (Å²) in [6, 6.07) is 7.10. The summed E-state index contributed by atoms with van der Waals surface area (Å²) in [5.41, 5.74) is 0.774. The van der Waals surface area contributed by atoms with Gasteiger partial charge < -0.3 is 15.3 Å². The van der Waals surface area contributed by atoms with Crippen LogP contribution >= 0.6 is 0 Å². The summed E-state index contributed by atoms with van der Waals surface area (Å²) in [5.74, 6) is 1.07. The van der Waals surface area contributed by atoms with E-state index in [2.05, 4.69) is 5.32 Å². The highest BCUT2D eigenvalue weighted by atomic mass is 16.3. The Hall–Kier alpha value is -1.55. The molecule has 2 N–H and O–H groups in total.